The average molecular weight is 444 g/mol. The Balaban J connectivity index is 1.78. The Morgan fingerprint density at radius 1 is 1.08 bits per heavy atom. The number of nitrogens with zero attached hydrogens (tertiary/aromatic N) is 2. The van der Waals surface area contributed by atoms with Crippen molar-refractivity contribution >= 4 is 62.8 Å². The van der Waals surface area contributed by atoms with E-state index in [-0.39, 0.29) is 9.70 Å². The number of carbonyl (C=O) groups is 1. The molecule has 3 nitrogen and oxygen atoms in total. The molecule has 2 aromatic carbocycles. The fourth-order valence-electron chi connectivity index (χ4n) is 2.29. The molecule has 0 spiro atoms. The van der Waals surface area contributed by atoms with Crippen LogP contribution in [0.15, 0.2) is 66.1 Å². The minimum Gasteiger partial charge on any atom is -0.336 e. The van der Waals surface area contributed by atoms with Crippen molar-refractivity contribution in [1.82, 2.24) is 9.55 Å². The first-order valence-corrected chi connectivity index (χ1v) is 10.4. The predicted molar refractivity (Wildman–Crippen MR) is 112 cm³/mol. The largest absolute Gasteiger partial charge is 0.336 e. The van der Waals surface area contributed by atoms with Crippen LogP contribution < -0.4 is 0 Å². The van der Waals surface area contributed by atoms with Crippen molar-refractivity contribution in [2.24, 2.45) is 0 Å². The van der Waals surface area contributed by atoms with Gasteiger partial charge in [0.2, 0.25) is 0 Å². The van der Waals surface area contributed by atoms with Crippen molar-refractivity contribution in [2.45, 2.75) is 16.7 Å². The van der Waals surface area contributed by atoms with Crippen LogP contribution >= 0.6 is 58.3 Å². The van der Waals surface area contributed by atoms with Crippen LogP contribution in [0.4, 0.5) is 4.79 Å². The van der Waals surface area contributed by atoms with Crippen molar-refractivity contribution < 1.29 is 4.79 Å². The fraction of sp³-hybridized carbons (Fsp3) is 0.111. The van der Waals surface area contributed by atoms with Crippen molar-refractivity contribution in [3.63, 3.8) is 0 Å². The maximum absolute atomic E-state index is 12.6. The lowest BCUT2D eigenvalue weighted by atomic mass is 10.1. The van der Waals surface area contributed by atoms with Crippen LogP contribution in [0.5, 0.6) is 0 Å². The summed E-state index contributed by atoms with van der Waals surface area (Å²) in [7, 11) is 0. The highest BCUT2D eigenvalue weighted by Crippen LogP contribution is 2.40. The standard InChI is InChI=1S/C18H13Cl3N2OS2/c19-12-1-4-14(5-2-12)25-18(24)26-17(10-23-8-7-22-11-23)15-6-3-13(20)9-16(15)21/h1-9,11,17H,10H2. The molecule has 8 heteroatoms. The van der Waals surface area contributed by atoms with Gasteiger partial charge in [-0.1, -0.05) is 52.6 Å². The molecule has 0 fully saturated rings. The van der Waals surface area contributed by atoms with Gasteiger partial charge in [0.15, 0.2) is 0 Å². The number of imidazole rings is 1. The molecule has 0 aliphatic rings. The zero-order chi connectivity index (χ0) is 18.5. The Morgan fingerprint density at radius 3 is 2.46 bits per heavy atom. The quantitative estimate of drug-likeness (QED) is 0.389. The summed E-state index contributed by atoms with van der Waals surface area (Å²) in [4.78, 5) is 17.5. The third kappa shape index (κ3) is 5.44. The van der Waals surface area contributed by atoms with E-state index in [1.807, 2.05) is 29.0 Å². The van der Waals surface area contributed by atoms with Crippen molar-refractivity contribution in [3.05, 3.63) is 81.8 Å². The van der Waals surface area contributed by atoms with Gasteiger partial charge in [-0.3, -0.25) is 4.79 Å². The van der Waals surface area contributed by atoms with Gasteiger partial charge in [-0.25, -0.2) is 4.98 Å². The van der Waals surface area contributed by atoms with E-state index < -0.39 is 0 Å². The predicted octanol–water partition coefficient (Wildman–Crippen LogP) is 7.23. The summed E-state index contributed by atoms with van der Waals surface area (Å²) in [5, 5.41) is 1.58. The molecule has 0 saturated heterocycles. The lowest BCUT2D eigenvalue weighted by Gasteiger charge is -2.18. The summed E-state index contributed by atoms with van der Waals surface area (Å²) in [6.45, 7) is 0.568. The Morgan fingerprint density at radius 2 is 1.81 bits per heavy atom. The highest BCUT2D eigenvalue weighted by Gasteiger charge is 2.21. The number of halogens is 3. The number of aromatic nitrogens is 2. The molecule has 1 heterocycles. The smallest absolute Gasteiger partial charge is 0.251 e. The zero-order valence-electron chi connectivity index (χ0n) is 13.3. The van der Waals surface area contributed by atoms with Gasteiger partial charge < -0.3 is 4.57 Å². The minimum atomic E-state index is -0.165. The number of benzene rings is 2. The van der Waals surface area contributed by atoms with Crippen molar-refractivity contribution in [2.75, 3.05) is 0 Å². The topological polar surface area (TPSA) is 34.9 Å². The molecule has 0 aliphatic carbocycles. The highest BCUT2D eigenvalue weighted by molar-refractivity contribution is 8.38. The summed E-state index contributed by atoms with van der Waals surface area (Å²) in [5.74, 6) is 0. The molecule has 0 amide bonds. The van der Waals surface area contributed by atoms with Gasteiger partial charge in [-0.15, -0.1) is 0 Å². The summed E-state index contributed by atoms with van der Waals surface area (Å²) in [6.07, 6.45) is 5.28. The Kier molecular flexibility index (Phi) is 6.95. The second-order valence-electron chi connectivity index (χ2n) is 5.34. The van der Waals surface area contributed by atoms with Crippen LogP contribution in [0.3, 0.4) is 0 Å². The van der Waals surface area contributed by atoms with Crippen LogP contribution in [0, 0.1) is 0 Å². The Bertz CT molecular complexity index is 886. The third-order valence-corrected chi connectivity index (χ3v) is 6.41. The first-order chi connectivity index (χ1) is 12.5. The van der Waals surface area contributed by atoms with Gasteiger partial charge in [0.1, 0.15) is 0 Å². The van der Waals surface area contributed by atoms with E-state index in [0.717, 1.165) is 10.5 Å². The second-order valence-corrected chi connectivity index (χ2v) is 9.10. The lowest BCUT2D eigenvalue weighted by Crippen LogP contribution is -2.07. The van der Waals surface area contributed by atoms with Crippen LogP contribution in [-0.4, -0.2) is 14.0 Å². The van der Waals surface area contributed by atoms with E-state index in [2.05, 4.69) is 4.98 Å². The minimum absolute atomic E-state index is 0.0246. The van der Waals surface area contributed by atoms with E-state index in [9.17, 15) is 4.79 Å². The van der Waals surface area contributed by atoms with Crippen LogP contribution in [0.25, 0.3) is 0 Å². The Labute approximate surface area is 175 Å². The van der Waals surface area contributed by atoms with E-state index in [1.54, 1.807) is 36.8 Å². The van der Waals surface area contributed by atoms with Crippen LogP contribution in [0.1, 0.15) is 10.8 Å². The maximum atomic E-state index is 12.6. The molecule has 0 radical (unpaired) electrons. The van der Waals surface area contributed by atoms with Crippen molar-refractivity contribution in [1.29, 1.82) is 0 Å². The van der Waals surface area contributed by atoms with Crippen molar-refractivity contribution in [3.8, 4) is 0 Å². The molecule has 1 atom stereocenters. The molecule has 0 bridgehead atoms. The molecule has 0 N–H and O–H groups in total. The number of rotatable bonds is 5. The molecular weight excluding hydrogens is 431 g/mol. The van der Waals surface area contributed by atoms with Gasteiger partial charge in [0.05, 0.1) is 11.6 Å². The summed E-state index contributed by atoms with van der Waals surface area (Å²) in [6, 6.07) is 12.5. The molecule has 134 valence electrons. The first kappa shape index (κ1) is 19.6. The van der Waals surface area contributed by atoms with E-state index in [1.165, 1.54) is 23.5 Å². The number of thioether (sulfide) groups is 2. The van der Waals surface area contributed by atoms with Gasteiger partial charge in [0.25, 0.3) is 4.45 Å². The monoisotopic (exact) mass is 442 g/mol. The summed E-state index contributed by atoms with van der Waals surface area (Å²) >= 11 is 20.7. The second kappa shape index (κ2) is 9.20. The molecule has 0 saturated carbocycles. The lowest BCUT2D eigenvalue weighted by molar-refractivity contribution is 0.276. The highest BCUT2D eigenvalue weighted by atomic mass is 35.5. The number of hydrogen-bond donors (Lipinski definition) is 0. The molecule has 0 aliphatic heterocycles. The van der Waals surface area contributed by atoms with Gasteiger partial charge >= 0.3 is 0 Å². The number of hydrogen-bond acceptors (Lipinski definition) is 4. The average Bonchev–Trinajstić information content (AvgIpc) is 3.09. The molecule has 1 aromatic heterocycles. The van der Waals surface area contributed by atoms with Crippen LogP contribution in [0.2, 0.25) is 15.1 Å². The molecule has 26 heavy (non-hydrogen) atoms. The molecule has 1 unspecified atom stereocenters. The van der Waals surface area contributed by atoms with Crippen LogP contribution in [-0.2, 0) is 6.54 Å². The molecular formula is C18H13Cl3N2OS2. The zero-order valence-corrected chi connectivity index (χ0v) is 17.2. The van der Waals surface area contributed by atoms with E-state index in [4.69, 9.17) is 34.8 Å². The fourth-order valence-corrected chi connectivity index (χ4v) is 5.12. The first-order valence-electron chi connectivity index (χ1n) is 7.56. The Hall–Kier alpha value is -1.11. The molecule has 3 rings (SSSR count). The summed E-state index contributed by atoms with van der Waals surface area (Å²) < 4.78 is 1.89. The summed E-state index contributed by atoms with van der Waals surface area (Å²) in [5.41, 5.74) is 0.861. The third-order valence-electron chi connectivity index (χ3n) is 3.50. The van der Waals surface area contributed by atoms with Gasteiger partial charge in [0, 0.05) is 38.9 Å². The van der Waals surface area contributed by atoms with Gasteiger partial charge in [-0.2, -0.15) is 0 Å². The van der Waals surface area contributed by atoms with E-state index in [0.29, 0.717) is 21.6 Å². The number of carbonyl (C=O) groups excluding carboxylic acids is 1. The SMILES string of the molecule is O=C(Sc1ccc(Cl)cc1)SC(Cn1ccnc1)c1ccc(Cl)cc1Cl. The normalized spacial score (nSPS) is 12.1. The van der Waals surface area contributed by atoms with E-state index >= 15 is 0 Å². The van der Waals surface area contributed by atoms with Gasteiger partial charge in [-0.05, 0) is 53.7 Å². The molecule has 3 aromatic rings. The maximum Gasteiger partial charge on any atom is 0.251 e.